The van der Waals surface area contributed by atoms with Gasteiger partial charge >= 0.3 is 0 Å². The summed E-state index contributed by atoms with van der Waals surface area (Å²) in [5, 5.41) is 4.37. The molecular weight excluding hydrogens is 430 g/mol. The van der Waals surface area contributed by atoms with Crippen LogP contribution in [0.2, 0.25) is 0 Å². The minimum Gasteiger partial charge on any atom is -0.353 e. The molecule has 3 saturated heterocycles. The Kier molecular flexibility index (Phi) is 4.45. The highest BCUT2D eigenvalue weighted by atomic mass is 19.1. The van der Waals surface area contributed by atoms with Crippen LogP contribution >= 0.6 is 0 Å². The van der Waals surface area contributed by atoms with Crippen LogP contribution in [0.3, 0.4) is 0 Å². The lowest BCUT2D eigenvalue weighted by Crippen LogP contribution is -2.59. The lowest BCUT2D eigenvalue weighted by Gasteiger charge is -2.40. The first kappa shape index (κ1) is 20.5. The Labute approximate surface area is 189 Å². The number of halogens is 2. The fourth-order valence-corrected chi connectivity index (χ4v) is 5.41. The quantitative estimate of drug-likeness (QED) is 0.593. The van der Waals surface area contributed by atoms with Gasteiger partial charge in [0.15, 0.2) is 17.4 Å². The summed E-state index contributed by atoms with van der Waals surface area (Å²) in [4.78, 5) is 25.5. The monoisotopic (exact) mass is 454 g/mol. The number of carbonyl (C=O) groups is 1. The maximum Gasteiger partial charge on any atom is 0.260 e. The van der Waals surface area contributed by atoms with Gasteiger partial charge in [0.2, 0.25) is 0 Å². The van der Waals surface area contributed by atoms with Crippen LogP contribution in [0.1, 0.15) is 42.1 Å². The summed E-state index contributed by atoms with van der Waals surface area (Å²) in [5.74, 6) is -0.0269. The van der Waals surface area contributed by atoms with Crippen LogP contribution in [0.4, 0.5) is 14.6 Å². The number of ether oxygens (including phenoxy) is 1. The third kappa shape index (κ3) is 2.89. The van der Waals surface area contributed by atoms with E-state index >= 15 is 4.39 Å². The standard InChI is InChI=1S/C23H24F2N6O2/c1-13-10-28-31-19(5-7-26-21(13)31)29-8-6-23(18(25)12-29)22(32)30-17(3-4-20(30)33-23)15-9-16(24)14(2)27-11-15/h5,7,9-11,17-18,20H,3-4,6,8,12H2,1-2H3/t17-,18?,20+,23?/m0/s1. The van der Waals surface area contributed by atoms with Gasteiger partial charge in [-0.3, -0.25) is 9.78 Å². The molecule has 3 aromatic rings. The normalized spacial score (nSPS) is 29.5. The van der Waals surface area contributed by atoms with E-state index in [9.17, 15) is 9.18 Å². The van der Waals surface area contributed by atoms with Crippen LogP contribution in [0.5, 0.6) is 0 Å². The zero-order chi connectivity index (χ0) is 22.9. The van der Waals surface area contributed by atoms with Gasteiger partial charge in [-0.1, -0.05) is 0 Å². The number of amides is 1. The maximum atomic E-state index is 15.8. The van der Waals surface area contributed by atoms with E-state index in [-0.39, 0.29) is 24.9 Å². The molecule has 4 atom stereocenters. The third-order valence-corrected chi connectivity index (χ3v) is 7.23. The molecule has 0 radical (unpaired) electrons. The van der Waals surface area contributed by atoms with Crippen molar-refractivity contribution in [3.8, 4) is 0 Å². The molecule has 6 heterocycles. The highest BCUT2D eigenvalue weighted by molar-refractivity contribution is 5.89. The Morgan fingerprint density at radius 3 is 2.85 bits per heavy atom. The Morgan fingerprint density at radius 2 is 2.06 bits per heavy atom. The number of carbonyl (C=O) groups excluding carboxylic acids is 1. The number of hydrogen-bond donors (Lipinski definition) is 0. The van der Waals surface area contributed by atoms with E-state index in [0.29, 0.717) is 30.6 Å². The maximum absolute atomic E-state index is 15.8. The van der Waals surface area contributed by atoms with Gasteiger partial charge in [0.1, 0.15) is 17.9 Å². The summed E-state index contributed by atoms with van der Waals surface area (Å²) >= 11 is 0. The minimum absolute atomic E-state index is 0.00963. The molecule has 3 aliphatic heterocycles. The average molecular weight is 454 g/mol. The van der Waals surface area contributed by atoms with Gasteiger partial charge in [-0.2, -0.15) is 9.61 Å². The number of hydrogen-bond acceptors (Lipinski definition) is 6. The van der Waals surface area contributed by atoms with E-state index in [0.717, 1.165) is 17.0 Å². The summed E-state index contributed by atoms with van der Waals surface area (Å²) in [6, 6.07) is 2.86. The number of fused-ring (bicyclic) bond motifs is 2. The largest absolute Gasteiger partial charge is 0.353 e. The number of aryl methyl sites for hydroxylation is 2. The summed E-state index contributed by atoms with van der Waals surface area (Å²) in [7, 11) is 0. The van der Waals surface area contributed by atoms with Gasteiger partial charge in [-0.25, -0.2) is 13.8 Å². The highest BCUT2D eigenvalue weighted by Crippen LogP contribution is 2.48. The van der Waals surface area contributed by atoms with Crippen molar-refractivity contribution in [3.63, 3.8) is 0 Å². The molecule has 1 spiro atoms. The number of nitrogens with zero attached hydrogens (tertiary/aromatic N) is 6. The second-order valence-corrected chi connectivity index (χ2v) is 9.13. The number of anilines is 1. The Hall–Kier alpha value is -3.14. The van der Waals surface area contributed by atoms with Crippen molar-refractivity contribution in [1.82, 2.24) is 24.5 Å². The zero-order valence-corrected chi connectivity index (χ0v) is 18.4. The SMILES string of the molecule is Cc1ncc([C@@H]2CC[C@H]3OC4(CCN(c5ccnc6c(C)cnn56)CC4F)C(=O)N32)cc1F. The number of aromatic nitrogens is 4. The molecule has 8 nitrogen and oxygen atoms in total. The molecule has 0 N–H and O–H groups in total. The third-order valence-electron chi connectivity index (χ3n) is 7.23. The van der Waals surface area contributed by atoms with Crippen LogP contribution < -0.4 is 4.90 Å². The fraction of sp³-hybridized carbons (Fsp3) is 0.478. The van der Waals surface area contributed by atoms with E-state index in [2.05, 4.69) is 15.1 Å². The minimum atomic E-state index is -1.52. The first-order valence-corrected chi connectivity index (χ1v) is 11.2. The topological polar surface area (TPSA) is 75.9 Å². The van der Waals surface area contributed by atoms with Crippen LogP contribution in [-0.4, -0.2) is 61.5 Å². The lowest BCUT2D eigenvalue weighted by atomic mass is 9.88. The summed E-state index contributed by atoms with van der Waals surface area (Å²) in [6.07, 6.45) is 4.43. The number of pyridine rings is 1. The molecule has 0 aromatic carbocycles. The lowest BCUT2D eigenvalue weighted by molar-refractivity contribution is -0.148. The van der Waals surface area contributed by atoms with Crippen LogP contribution in [-0.2, 0) is 9.53 Å². The molecule has 6 rings (SSSR count). The predicted octanol–water partition coefficient (Wildman–Crippen LogP) is 2.89. The molecule has 2 unspecified atom stereocenters. The average Bonchev–Trinajstić information content (AvgIpc) is 3.47. The van der Waals surface area contributed by atoms with Crippen LogP contribution in [0, 0.1) is 19.7 Å². The van der Waals surface area contributed by atoms with Gasteiger partial charge in [0.05, 0.1) is 24.5 Å². The van der Waals surface area contributed by atoms with E-state index in [1.165, 1.54) is 6.07 Å². The summed E-state index contributed by atoms with van der Waals surface area (Å²) in [6.45, 7) is 3.97. The first-order valence-electron chi connectivity index (χ1n) is 11.2. The highest BCUT2D eigenvalue weighted by Gasteiger charge is 2.62. The molecule has 10 heteroatoms. The molecule has 0 bridgehead atoms. The fourth-order valence-electron chi connectivity index (χ4n) is 5.41. The number of alkyl halides is 1. The molecule has 0 saturated carbocycles. The molecule has 33 heavy (non-hydrogen) atoms. The number of piperidine rings is 1. The molecule has 172 valence electrons. The van der Waals surface area contributed by atoms with E-state index in [1.54, 1.807) is 41.0 Å². The van der Waals surface area contributed by atoms with E-state index in [4.69, 9.17) is 4.74 Å². The molecular formula is C23H24F2N6O2. The van der Waals surface area contributed by atoms with Crippen molar-refractivity contribution in [3.05, 3.63) is 53.4 Å². The van der Waals surface area contributed by atoms with E-state index in [1.807, 2.05) is 11.8 Å². The van der Waals surface area contributed by atoms with Gasteiger partial charge in [-0.15, -0.1) is 0 Å². The molecule has 3 aromatic heterocycles. The van der Waals surface area contributed by atoms with Crippen molar-refractivity contribution in [2.24, 2.45) is 0 Å². The van der Waals surface area contributed by atoms with Gasteiger partial charge in [0.25, 0.3) is 5.91 Å². The molecule has 3 fully saturated rings. The predicted molar refractivity (Wildman–Crippen MR) is 115 cm³/mol. The van der Waals surface area contributed by atoms with Crippen molar-refractivity contribution < 1.29 is 18.3 Å². The van der Waals surface area contributed by atoms with E-state index < -0.39 is 23.8 Å². The van der Waals surface area contributed by atoms with Crippen molar-refractivity contribution >= 4 is 17.4 Å². The van der Waals surface area contributed by atoms with Crippen LogP contribution in [0.25, 0.3) is 5.65 Å². The van der Waals surface area contributed by atoms with Gasteiger partial charge in [0, 0.05) is 30.9 Å². The van der Waals surface area contributed by atoms with Crippen molar-refractivity contribution in [2.45, 2.75) is 57.2 Å². The van der Waals surface area contributed by atoms with Crippen molar-refractivity contribution in [1.29, 1.82) is 0 Å². The first-order chi connectivity index (χ1) is 15.9. The van der Waals surface area contributed by atoms with Crippen molar-refractivity contribution in [2.75, 3.05) is 18.0 Å². The Bertz CT molecular complexity index is 1260. The smallest absolute Gasteiger partial charge is 0.260 e. The zero-order valence-electron chi connectivity index (χ0n) is 18.4. The summed E-state index contributed by atoms with van der Waals surface area (Å²) < 4.78 is 37.7. The Balaban J connectivity index is 1.27. The van der Waals surface area contributed by atoms with Gasteiger partial charge < -0.3 is 14.5 Å². The second kappa shape index (κ2) is 7.18. The molecule has 3 aliphatic rings. The second-order valence-electron chi connectivity index (χ2n) is 9.13. The number of rotatable bonds is 2. The van der Waals surface area contributed by atoms with Gasteiger partial charge in [-0.05, 0) is 44.4 Å². The van der Waals surface area contributed by atoms with Crippen LogP contribution in [0.15, 0.2) is 30.7 Å². The Morgan fingerprint density at radius 1 is 1.21 bits per heavy atom. The molecule has 0 aliphatic carbocycles. The molecule has 1 amide bonds. The summed E-state index contributed by atoms with van der Waals surface area (Å²) in [5.41, 5.74) is 1.07.